The Morgan fingerprint density at radius 2 is 2.56 bits per heavy atom. The van der Waals surface area contributed by atoms with Gasteiger partial charge in [-0.05, 0) is 13.0 Å². The van der Waals surface area contributed by atoms with Gasteiger partial charge in [-0.1, -0.05) is 0 Å². The van der Waals surface area contributed by atoms with Crippen LogP contribution >= 0.6 is 11.3 Å². The second-order valence-corrected chi connectivity index (χ2v) is 4.81. The zero-order valence-electron chi connectivity index (χ0n) is 8.46. The number of nitrogens with zero attached hydrogens (tertiary/aromatic N) is 2. The standard InChI is InChI=1S/C10H11N3O2S/c14-10(15)6-1-2-11-7(6)8-9-13(5-12-8)3-4-16-9/h3-7,11H,1-2H2,(H,14,15). The molecule has 3 rings (SSSR count). The summed E-state index contributed by atoms with van der Waals surface area (Å²) in [5.74, 6) is -1.10. The number of aliphatic carboxylic acids is 1. The van der Waals surface area contributed by atoms with Gasteiger partial charge in [0, 0.05) is 11.6 Å². The average molecular weight is 237 g/mol. The molecule has 2 atom stereocenters. The van der Waals surface area contributed by atoms with Crippen LogP contribution in [-0.4, -0.2) is 27.0 Å². The second-order valence-electron chi connectivity index (χ2n) is 3.91. The summed E-state index contributed by atoms with van der Waals surface area (Å²) in [6, 6.07) is -0.152. The first kappa shape index (κ1) is 9.80. The lowest BCUT2D eigenvalue weighted by Crippen LogP contribution is -2.23. The SMILES string of the molecule is O=C(O)C1CCNC1c1ncn2ccsc12. The van der Waals surface area contributed by atoms with E-state index < -0.39 is 5.97 Å². The Balaban J connectivity index is 2.03. The molecular weight excluding hydrogens is 226 g/mol. The minimum Gasteiger partial charge on any atom is -0.481 e. The number of carboxylic acid groups (broad SMARTS) is 1. The molecule has 0 saturated carbocycles. The number of thiazole rings is 1. The van der Waals surface area contributed by atoms with Gasteiger partial charge < -0.3 is 10.4 Å². The number of rotatable bonds is 2. The molecule has 0 bridgehead atoms. The van der Waals surface area contributed by atoms with Crippen molar-refractivity contribution in [1.29, 1.82) is 0 Å². The van der Waals surface area contributed by atoms with Gasteiger partial charge in [0.1, 0.15) is 11.2 Å². The molecule has 2 N–H and O–H groups in total. The molecule has 0 aromatic carbocycles. The van der Waals surface area contributed by atoms with E-state index in [0.717, 1.165) is 17.1 Å². The third-order valence-corrected chi connectivity index (χ3v) is 3.91. The zero-order chi connectivity index (χ0) is 11.1. The monoisotopic (exact) mass is 237 g/mol. The second kappa shape index (κ2) is 3.57. The van der Waals surface area contributed by atoms with Crippen molar-refractivity contribution in [2.75, 3.05) is 6.54 Å². The fourth-order valence-electron chi connectivity index (χ4n) is 2.22. The lowest BCUT2D eigenvalue weighted by atomic mass is 9.99. The minimum atomic E-state index is -0.743. The summed E-state index contributed by atoms with van der Waals surface area (Å²) in [6.07, 6.45) is 4.34. The van der Waals surface area contributed by atoms with E-state index in [2.05, 4.69) is 10.3 Å². The third kappa shape index (κ3) is 1.34. The predicted octanol–water partition coefficient (Wildman–Crippen LogP) is 1.13. The van der Waals surface area contributed by atoms with Crippen molar-refractivity contribution >= 4 is 22.1 Å². The Kier molecular flexibility index (Phi) is 2.19. The lowest BCUT2D eigenvalue weighted by molar-refractivity contribution is -0.142. The maximum atomic E-state index is 11.1. The summed E-state index contributed by atoms with van der Waals surface area (Å²) in [7, 11) is 0. The molecule has 2 aromatic rings. The van der Waals surface area contributed by atoms with Crippen LogP contribution in [0.3, 0.4) is 0 Å². The zero-order valence-corrected chi connectivity index (χ0v) is 9.28. The van der Waals surface area contributed by atoms with E-state index in [1.54, 1.807) is 17.7 Å². The highest BCUT2D eigenvalue weighted by Crippen LogP contribution is 2.32. The molecular formula is C10H11N3O2S. The van der Waals surface area contributed by atoms with Crippen molar-refractivity contribution in [3.63, 3.8) is 0 Å². The van der Waals surface area contributed by atoms with Gasteiger partial charge in [-0.15, -0.1) is 11.3 Å². The molecule has 2 unspecified atom stereocenters. The summed E-state index contributed by atoms with van der Waals surface area (Å²) in [5.41, 5.74) is 0.861. The molecule has 5 nitrogen and oxygen atoms in total. The van der Waals surface area contributed by atoms with Crippen LogP contribution in [0, 0.1) is 5.92 Å². The van der Waals surface area contributed by atoms with E-state index in [9.17, 15) is 4.79 Å². The van der Waals surface area contributed by atoms with Crippen LogP contribution in [0.15, 0.2) is 17.9 Å². The molecule has 0 aliphatic carbocycles. The van der Waals surface area contributed by atoms with E-state index in [0.29, 0.717) is 6.42 Å². The minimum absolute atomic E-state index is 0.152. The van der Waals surface area contributed by atoms with Crippen molar-refractivity contribution in [1.82, 2.24) is 14.7 Å². The van der Waals surface area contributed by atoms with Gasteiger partial charge in [0.05, 0.1) is 17.7 Å². The Bertz CT molecular complexity index is 533. The maximum Gasteiger partial charge on any atom is 0.308 e. The van der Waals surface area contributed by atoms with Crippen molar-refractivity contribution in [2.45, 2.75) is 12.5 Å². The van der Waals surface area contributed by atoms with Gasteiger partial charge in [0.25, 0.3) is 0 Å². The van der Waals surface area contributed by atoms with E-state index in [-0.39, 0.29) is 12.0 Å². The van der Waals surface area contributed by atoms with Crippen molar-refractivity contribution in [2.24, 2.45) is 5.92 Å². The number of fused-ring (bicyclic) bond motifs is 1. The van der Waals surface area contributed by atoms with Crippen LogP contribution < -0.4 is 5.32 Å². The molecule has 6 heteroatoms. The molecule has 1 saturated heterocycles. The normalized spacial score (nSPS) is 25.2. The van der Waals surface area contributed by atoms with Gasteiger partial charge >= 0.3 is 5.97 Å². The highest BCUT2D eigenvalue weighted by molar-refractivity contribution is 7.15. The van der Waals surface area contributed by atoms with Crippen LogP contribution in [0.2, 0.25) is 0 Å². The van der Waals surface area contributed by atoms with Gasteiger partial charge in [-0.25, -0.2) is 4.98 Å². The van der Waals surface area contributed by atoms with Crippen LogP contribution in [0.1, 0.15) is 18.2 Å². The number of hydrogen-bond donors (Lipinski definition) is 2. The molecule has 0 amide bonds. The van der Waals surface area contributed by atoms with Crippen LogP contribution in [0.4, 0.5) is 0 Å². The van der Waals surface area contributed by atoms with Crippen LogP contribution in [0.25, 0.3) is 4.83 Å². The van der Waals surface area contributed by atoms with Gasteiger partial charge in [0.2, 0.25) is 0 Å². The molecule has 3 heterocycles. The molecule has 0 spiro atoms. The largest absolute Gasteiger partial charge is 0.481 e. The molecule has 16 heavy (non-hydrogen) atoms. The Morgan fingerprint density at radius 1 is 1.69 bits per heavy atom. The number of aromatic nitrogens is 2. The highest BCUT2D eigenvalue weighted by atomic mass is 32.1. The number of carbonyl (C=O) groups is 1. The molecule has 0 radical (unpaired) electrons. The van der Waals surface area contributed by atoms with E-state index >= 15 is 0 Å². The molecule has 2 aromatic heterocycles. The molecule has 1 aliphatic heterocycles. The van der Waals surface area contributed by atoms with E-state index in [1.807, 2.05) is 16.0 Å². The van der Waals surface area contributed by atoms with Crippen molar-refractivity contribution < 1.29 is 9.90 Å². The predicted molar refractivity (Wildman–Crippen MR) is 59.6 cm³/mol. The molecule has 1 aliphatic rings. The summed E-state index contributed by atoms with van der Waals surface area (Å²) >= 11 is 1.59. The Morgan fingerprint density at radius 3 is 3.38 bits per heavy atom. The molecule has 1 fully saturated rings. The van der Waals surface area contributed by atoms with Crippen molar-refractivity contribution in [3.8, 4) is 0 Å². The first-order chi connectivity index (χ1) is 7.77. The topological polar surface area (TPSA) is 66.6 Å². The average Bonchev–Trinajstić information content (AvgIpc) is 2.92. The summed E-state index contributed by atoms with van der Waals surface area (Å²) in [4.78, 5) is 16.5. The van der Waals surface area contributed by atoms with E-state index in [1.165, 1.54) is 0 Å². The number of imidazole rings is 1. The fraction of sp³-hybridized carbons (Fsp3) is 0.400. The van der Waals surface area contributed by atoms with E-state index in [4.69, 9.17) is 5.11 Å². The van der Waals surface area contributed by atoms with Crippen molar-refractivity contribution in [3.05, 3.63) is 23.6 Å². The van der Waals surface area contributed by atoms with Crippen LogP contribution in [-0.2, 0) is 4.79 Å². The van der Waals surface area contributed by atoms with Crippen LogP contribution in [0.5, 0.6) is 0 Å². The van der Waals surface area contributed by atoms with Gasteiger partial charge in [-0.2, -0.15) is 0 Å². The summed E-state index contributed by atoms with van der Waals surface area (Å²) in [5, 5.41) is 14.3. The summed E-state index contributed by atoms with van der Waals surface area (Å²) < 4.78 is 1.93. The van der Waals surface area contributed by atoms with Gasteiger partial charge in [-0.3, -0.25) is 9.20 Å². The third-order valence-electron chi connectivity index (χ3n) is 3.01. The Labute approximate surface area is 95.7 Å². The number of nitrogens with one attached hydrogen (secondary N) is 1. The number of carboxylic acids is 1. The molecule has 84 valence electrons. The first-order valence-corrected chi connectivity index (χ1v) is 6.01. The lowest BCUT2D eigenvalue weighted by Gasteiger charge is -2.13. The maximum absolute atomic E-state index is 11.1. The summed E-state index contributed by atoms with van der Waals surface area (Å²) in [6.45, 7) is 0.742. The Hall–Kier alpha value is -1.40. The number of hydrogen-bond acceptors (Lipinski definition) is 4. The quantitative estimate of drug-likeness (QED) is 0.821. The fourth-order valence-corrected chi connectivity index (χ4v) is 3.07. The van der Waals surface area contributed by atoms with Gasteiger partial charge in [0.15, 0.2) is 0 Å². The highest BCUT2D eigenvalue weighted by Gasteiger charge is 2.36. The smallest absolute Gasteiger partial charge is 0.308 e. The first-order valence-electron chi connectivity index (χ1n) is 5.13.